The molecule has 3 aliphatic rings. The first kappa shape index (κ1) is 42.8. The molecular weight excluding hydrogens is 921 g/mol. The molecule has 0 radical (unpaired) electrons. The molecule has 5 heterocycles. The molecule has 0 atom stereocenters. The lowest BCUT2D eigenvalue weighted by Gasteiger charge is -2.35. The van der Waals surface area contributed by atoms with E-state index in [1.165, 1.54) is 89.2 Å². The van der Waals surface area contributed by atoms with E-state index in [-0.39, 0.29) is 16.9 Å². The van der Waals surface area contributed by atoms with E-state index in [4.69, 9.17) is 4.74 Å². The zero-order valence-electron chi connectivity index (χ0n) is 38.0. The number of thiophene rings is 4. The number of fused-ring (bicyclic) bond motifs is 8. The van der Waals surface area contributed by atoms with Gasteiger partial charge < -0.3 is 9.64 Å². The van der Waals surface area contributed by atoms with Crippen LogP contribution in [0.15, 0.2) is 186 Å². The van der Waals surface area contributed by atoms with E-state index < -0.39 is 16.4 Å². The summed E-state index contributed by atoms with van der Waals surface area (Å²) in [5.41, 5.74) is 11.0. The molecular formula is C60H40N4OS4. The molecule has 2 aliphatic carbocycles. The first-order valence-corrected chi connectivity index (χ1v) is 25.9. The number of allylic oxidation sites excluding steroid dienone is 4. The van der Waals surface area contributed by atoms with Gasteiger partial charge in [-0.25, -0.2) is 0 Å². The average Bonchev–Trinajstić information content (AvgIpc) is 4.24. The van der Waals surface area contributed by atoms with Crippen LogP contribution >= 0.6 is 45.3 Å². The third kappa shape index (κ3) is 6.07. The summed E-state index contributed by atoms with van der Waals surface area (Å²) in [6.45, 7) is 3.73. The van der Waals surface area contributed by atoms with Crippen molar-refractivity contribution < 1.29 is 4.74 Å². The normalized spacial score (nSPS) is 16.0. The lowest BCUT2D eigenvalue weighted by Crippen LogP contribution is -2.29. The molecule has 1 aliphatic heterocycles. The Hall–Kier alpha value is -7.55. The number of hydrogen-bond donors (Lipinski definition) is 0. The Balaban J connectivity index is 1.17. The fraction of sp³-hybridized carbons (Fsp3) is 0.117. The molecule has 9 heteroatoms. The second-order valence-electron chi connectivity index (χ2n) is 18.2. The SMILES string of the molecule is CN(C)c1ccc(-c2cc3sc4c(c3s2)C(c2ccccc2)(c2ccccc2)C2=C4C(c3ccccc3)(c3ccccc3)c3c2sc2cc(/C=C/C4=C(C#N)C(=C(C#N)C#N)OC4(C)C)sc32)cc1. The van der Waals surface area contributed by atoms with Crippen LogP contribution in [0.3, 0.4) is 0 Å². The Kier molecular flexibility index (Phi) is 9.94. The van der Waals surface area contributed by atoms with Gasteiger partial charge in [0.1, 0.15) is 29.4 Å². The van der Waals surface area contributed by atoms with Crippen LogP contribution in [0.25, 0.3) is 46.5 Å². The van der Waals surface area contributed by atoms with Gasteiger partial charge in [0.25, 0.3) is 0 Å². The number of ether oxygens (including phenoxy) is 1. The second kappa shape index (κ2) is 16.0. The second-order valence-corrected chi connectivity index (χ2v) is 22.4. The molecule has 0 saturated heterocycles. The fourth-order valence-electron chi connectivity index (χ4n) is 11.1. The summed E-state index contributed by atoms with van der Waals surface area (Å²) >= 11 is 7.49. The van der Waals surface area contributed by atoms with Crippen LogP contribution in [0.5, 0.6) is 0 Å². The highest BCUT2D eigenvalue weighted by Crippen LogP contribution is 2.74. The summed E-state index contributed by atoms with van der Waals surface area (Å²) < 4.78 is 11.2. The predicted molar refractivity (Wildman–Crippen MR) is 287 cm³/mol. The van der Waals surface area contributed by atoms with E-state index in [9.17, 15) is 15.8 Å². The molecule has 0 saturated carbocycles. The molecule has 0 spiro atoms. The van der Waals surface area contributed by atoms with Crippen molar-refractivity contribution in [3.63, 3.8) is 0 Å². The van der Waals surface area contributed by atoms with E-state index >= 15 is 0 Å². The third-order valence-corrected chi connectivity index (χ3v) is 18.8. The summed E-state index contributed by atoms with van der Waals surface area (Å²) in [5.74, 6) is 0.0382. The smallest absolute Gasteiger partial charge is 0.172 e. The van der Waals surface area contributed by atoms with Gasteiger partial charge in [0.05, 0.1) is 20.2 Å². The van der Waals surface area contributed by atoms with Crippen molar-refractivity contribution in [1.82, 2.24) is 0 Å². The van der Waals surface area contributed by atoms with E-state index in [1.54, 1.807) is 11.3 Å². The van der Waals surface area contributed by atoms with E-state index in [0.29, 0.717) is 5.57 Å². The maximum absolute atomic E-state index is 10.3. The minimum atomic E-state index is -0.923. The summed E-state index contributed by atoms with van der Waals surface area (Å²) in [4.78, 5) is 7.05. The number of nitrogens with zero attached hydrogens (tertiary/aromatic N) is 4. The minimum Gasteiger partial charge on any atom is -0.480 e. The van der Waals surface area contributed by atoms with E-state index in [1.807, 2.05) is 66.1 Å². The van der Waals surface area contributed by atoms with Crippen molar-refractivity contribution in [2.24, 2.45) is 0 Å². The van der Waals surface area contributed by atoms with Gasteiger partial charge in [0.15, 0.2) is 11.3 Å². The van der Waals surface area contributed by atoms with Crippen molar-refractivity contribution in [3.8, 4) is 28.6 Å². The Morgan fingerprint density at radius 2 is 1.03 bits per heavy atom. The maximum Gasteiger partial charge on any atom is 0.172 e. The highest BCUT2D eigenvalue weighted by atomic mass is 32.1. The van der Waals surface area contributed by atoms with Gasteiger partial charge in [0.2, 0.25) is 0 Å². The number of nitriles is 3. The Labute approximate surface area is 417 Å². The lowest BCUT2D eigenvalue weighted by atomic mass is 9.67. The van der Waals surface area contributed by atoms with Gasteiger partial charge in [0, 0.05) is 65.4 Å². The average molecular weight is 961 g/mol. The van der Waals surface area contributed by atoms with Crippen molar-refractivity contribution in [2.45, 2.75) is 30.3 Å². The zero-order valence-corrected chi connectivity index (χ0v) is 41.3. The molecule has 4 aromatic heterocycles. The van der Waals surface area contributed by atoms with Gasteiger partial charge in [-0.05, 0) is 83.2 Å². The Morgan fingerprint density at radius 3 is 1.48 bits per heavy atom. The van der Waals surface area contributed by atoms with Crippen LogP contribution in [0.1, 0.15) is 61.9 Å². The van der Waals surface area contributed by atoms with Crippen LogP contribution in [0.2, 0.25) is 0 Å². The molecule has 0 fully saturated rings. The summed E-state index contributed by atoms with van der Waals surface area (Å²) in [6, 6.07) is 64.3. The molecule has 330 valence electrons. The number of benzene rings is 5. The van der Waals surface area contributed by atoms with Gasteiger partial charge in [-0.15, -0.1) is 45.3 Å². The van der Waals surface area contributed by atoms with Crippen LogP contribution < -0.4 is 4.90 Å². The lowest BCUT2D eigenvalue weighted by molar-refractivity contribution is 0.0954. The van der Waals surface area contributed by atoms with Crippen molar-refractivity contribution in [1.29, 1.82) is 15.8 Å². The van der Waals surface area contributed by atoms with Gasteiger partial charge in [-0.3, -0.25) is 0 Å². The quantitative estimate of drug-likeness (QED) is 0.142. The van der Waals surface area contributed by atoms with E-state index in [2.05, 4.69) is 189 Å². The van der Waals surface area contributed by atoms with Crippen LogP contribution in [0.4, 0.5) is 5.69 Å². The minimum absolute atomic E-state index is 0.0382. The first-order valence-electron chi connectivity index (χ1n) is 22.6. The summed E-state index contributed by atoms with van der Waals surface area (Å²) in [7, 11) is 4.17. The monoisotopic (exact) mass is 960 g/mol. The molecule has 5 nitrogen and oxygen atoms in total. The number of rotatable bonds is 8. The maximum atomic E-state index is 10.3. The highest BCUT2D eigenvalue weighted by molar-refractivity contribution is 7.31. The molecule has 0 bridgehead atoms. The summed E-state index contributed by atoms with van der Waals surface area (Å²) in [5, 5.41) is 29.8. The predicted octanol–water partition coefficient (Wildman–Crippen LogP) is 15.5. The van der Waals surface area contributed by atoms with Crippen LogP contribution in [-0.2, 0) is 15.6 Å². The van der Waals surface area contributed by atoms with Crippen LogP contribution in [-0.4, -0.2) is 19.7 Å². The van der Waals surface area contributed by atoms with E-state index in [0.717, 1.165) is 4.88 Å². The fourth-order valence-corrected chi connectivity index (χ4v) is 16.7. The van der Waals surface area contributed by atoms with Crippen LogP contribution in [0, 0.1) is 34.0 Å². The molecule has 5 aromatic carbocycles. The van der Waals surface area contributed by atoms with Gasteiger partial charge in [-0.1, -0.05) is 140 Å². The summed E-state index contributed by atoms with van der Waals surface area (Å²) in [6.07, 6.45) is 3.99. The largest absolute Gasteiger partial charge is 0.480 e. The van der Waals surface area contributed by atoms with Crippen molar-refractivity contribution in [2.75, 3.05) is 19.0 Å². The van der Waals surface area contributed by atoms with Gasteiger partial charge >= 0.3 is 0 Å². The Morgan fingerprint density at radius 1 is 0.565 bits per heavy atom. The molecule has 0 unspecified atom stereocenters. The Bertz CT molecular complexity index is 3730. The molecule has 9 aromatic rings. The van der Waals surface area contributed by atoms with Crippen molar-refractivity contribution >= 4 is 87.1 Å². The first-order chi connectivity index (χ1) is 33.6. The third-order valence-electron chi connectivity index (χ3n) is 13.9. The number of anilines is 1. The topological polar surface area (TPSA) is 83.8 Å². The zero-order chi connectivity index (χ0) is 47.2. The molecule has 69 heavy (non-hydrogen) atoms. The number of hydrogen-bond acceptors (Lipinski definition) is 9. The van der Waals surface area contributed by atoms with Gasteiger partial charge in [-0.2, -0.15) is 15.8 Å². The molecule has 0 N–H and O–H groups in total. The molecule has 12 rings (SSSR count). The van der Waals surface area contributed by atoms with Crippen molar-refractivity contribution in [3.05, 3.63) is 234 Å². The highest BCUT2D eigenvalue weighted by Gasteiger charge is 2.62. The standard InChI is InChI=1S/C60H40N4OS4/c1-58(2)45(44(35-63)53(65-58)37(33-61)34-62)30-29-43-31-47-54(66-43)51-56(68-47)49-50(59(51,38-17-9-5-10-18-38)39-19-11-6-12-20-39)57-52(60(49,40-21-13-7-14-22-40)41-23-15-8-16-24-41)55-48(69-57)32-46(67-55)36-25-27-42(28-26-36)64(3)4/h5-32H,1-4H3/b30-29+. The molecule has 0 amide bonds.